The van der Waals surface area contributed by atoms with Gasteiger partial charge in [-0.3, -0.25) is 9.00 Å². The maximum atomic E-state index is 12.1. The Bertz CT molecular complexity index is 599. The molecular formula is C14H17BrN2O2S. The molecule has 0 fully saturated rings. The summed E-state index contributed by atoms with van der Waals surface area (Å²) in [5, 5.41) is 5.63. The van der Waals surface area contributed by atoms with Crippen LogP contribution in [0.15, 0.2) is 34.3 Å². The summed E-state index contributed by atoms with van der Waals surface area (Å²) in [6, 6.07) is 7.45. The van der Waals surface area contributed by atoms with E-state index in [-0.39, 0.29) is 5.91 Å². The van der Waals surface area contributed by atoms with Crippen molar-refractivity contribution in [1.82, 2.24) is 5.01 Å². The third kappa shape index (κ3) is 2.72. The maximum absolute atomic E-state index is 12.1. The zero-order chi connectivity index (χ0) is 14.9. The largest absolute Gasteiger partial charge is 0.271 e. The standard InChI is InChI=1S/C14H17BrN2O2S/c1-4-8-20(19)11-7-5-6-10(9-11)12-14(2,15)13(18)17(3)16-12/h5-7,9H,4,8H2,1-3H3. The van der Waals surface area contributed by atoms with Crippen molar-refractivity contribution in [2.45, 2.75) is 29.5 Å². The number of benzene rings is 1. The fourth-order valence-electron chi connectivity index (χ4n) is 2.11. The van der Waals surface area contributed by atoms with Gasteiger partial charge >= 0.3 is 0 Å². The molecule has 0 bridgehead atoms. The summed E-state index contributed by atoms with van der Waals surface area (Å²) in [6.45, 7) is 3.79. The van der Waals surface area contributed by atoms with E-state index in [0.717, 1.165) is 16.9 Å². The SMILES string of the molecule is CCCS(=O)c1cccc(C2=NN(C)C(=O)C2(C)Br)c1. The van der Waals surface area contributed by atoms with Gasteiger partial charge < -0.3 is 0 Å². The molecule has 1 aliphatic heterocycles. The molecule has 1 aromatic rings. The second kappa shape index (κ2) is 5.77. The number of amides is 1. The summed E-state index contributed by atoms with van der Waals surface area (Å²) >= 11 is 3.45. The van der Waals surface area contributed by atoms with Gasteiger partial charge in [0.1, 0.15) is 4.32 Å². The van der Waals surface area contributed by atoms with Crippen molar-refractivity contribution >= 4 is 38.3 Å². The summed E-state index contributed by atoms with van der Waals surface area (Å²) in [6.07, 6.45) is 0.870. The van der Waals surface area contributed by atoms with Gasteiger partial charge in [0.2, 0.25) is 0 Å². The Hall–Kier alpha value is -1.01. The molecule has 2 atom stereocenters. The number of hydrogen-bond acceptors (Lipinski definition) is 3. The molecule has 1 amide bonds. The Labute approximate surface area is 129 Å². The minimum Gasteiger partial charge on any atom is -0.271 e. The van der Waals surface area contributed by atoms with Gasteiger partial charge in [0.15, 0.2) is 0 Å². The fourth-order valence-corrected chi connectivity index (χ4v) is 3.77. The Kier molecular flexibility index (Phi) is 4.44. The van der Waals surface area contributed by atoms with Crippen LogP contribution in [0.4, 0.5) is 0 Å². The number of hydrogen-bond donors (Lipinski definition) is 0. The van der Waals surface area contributed by atoms with Crippen LogP contribution in [0, 0.1) is 0 Å². The predicted molar refractivity (Wildman–Crippen MR) is 84.6 cm³/mol. The first kappa shape index (κ1) is 15.4. The first-order chi connectivity index (χ1) is 9.37. The molecule has 20 heavy (non-hydrogen) atoms. The average Bonchev–Trinajstić information content (AvgIpc) is 2.63. The van der Waals surface area contributed by atoms with Crippen LogP contribution < -0.4 is 0 Å². The van der Waals surface area contributed by atoms with E-state index in [4.69, 9.17) is 0 Å². The number of halogens is 1. The second-order valence-corrected chi connectivity index (χ2v) is 8.01. The van der Waals surface area contributed by atoms with Gasteiger partial charge in [-0.1, -0.05) is 35.0 Å². The van der Waals surface area contributed by atoms with Crippen LogP contribution in [-0.2, 0) is 15.6 Å². The van der Waals surface area contributed by atoms with Gasteiger partial charge in [0.05, 0.1) is 16.5 Å². The van der Waals surface area contributed by atoms with Crippen LogP contribution in [0.1, 0.15) is 25.8 Å². The molecule has 108 valence electrons. The van der Waals surface area contributed by atoms with Crippen LogP contribution in [0.3, 0.4) is 0 Å². The minimum absolute atomic E-state index is 0.104. The highest BCUT2D eigenvalue weighted by atomic mass is 79.9. The monoisotopic (exact) mass is 356 g/mol. The van der Waals surface area contributed by atoms with Gasteiger partial charge in [0.25, 0.3) is 5.91 Å². The van der Waals surface area contributed by atoms with Crippen molar-refractivity contribution in [3.05, 3.63) is 29.8 Å². The molecule has 0 radical (unpaired) electrons. The molecule has 0 aliphatic carbocycles. The summed E-state index contributed by atoms with van der Waals surface area (Å²) in [4.78, 5) is 12.8. The van der Waals surface area contributed by atoms with Gasteiger partial charge in [-0.2, -0.15) is 5.10 Å². The van der Waals surface area contributed by atoms with Crippen molar-refractivity contribution in [3.63, 3.8) is 0 Å². The molecule has 4 nitrogen and oxygen atoms in total. The summed E-state index contributed by atoms with van der Waals surface area (Å²) < 4.78 is 11.3. The quantitative estimate of drug-likeness (QED) is 0.778. The van der Waals surface area contributed by atoms with E-state index in [1.54, 1.807) is 14.0 Å². The van der Waals surface area contributed by atoms with Crippen LogP contribution in [0.2, 0.25) is 0 Å². The lowest BCUT2D eigenvalue weighted by molar-refractivity contribution is -0.128. The maximum Gasteiger partial charge on any atom is 0.265 e. The highest BCUT2D eigenvalue weighted by molar-refractivity contribution is 9.10. The summed E-state index contributed by atoms with van der Waals surface area (Å²) in [5.41, 5.74) is 1.48. The van der Waals surface area contributed by atoms with Gasteiger partial charge in [0, 0.05) is 23.3 Å². The second-order valence-electron chi connectivity index (χ2n) is 4.86. The highest BCUT2D eigenvalue weighted by Crippen LogP contribution is 2.32. The van der Waals surface area contributed by atoms with Crippen LogP contribution >= 0.6 is 15.9 Å². The van der Waals surface area contributed by atoms with E-state index in [2.05, 4.69) is 21.0 Å². The number of hydrazone groups is 1. The summed E-state index contributed by atoms with van der Waals surface area (Å²) in [5.74, 6) is 0.535. The molecular weight excluding hydrogens is 340 g/mol. The number of carbonyl (C=O) groups excluding carboxylic acids is 1. The highest BCUT2D eigenvalue weighted by Gasteiger charge is 2.44. The Morgan fingerprint density at radius 1 is 1.45 bits per heavy atom. The van der Waals surface area contributed by atoms with Gasteiger partial charge in [-0.25, -0.2) is 5.01 Å². The predicted octanol–water partition coefficient (Wildman–Crippen LogP) is 2.53. The molecule has 0 saturated carbocycles. The molecule has 1 heterocycles. The van der Waals surface area contributed by atoms with E-state index >= 15 is 0 Å². The molecule has 0 N–H and O–H groups in total. The molecule has 0 spiro atoms. The van der Waals surface area contributed by atoms with Gasteiger partial charge in [-0.05, 0) is 25.5 Å². The van der Waals surface area contributed by atoms with Crippen LogP contribution in [0.5, 0.6) is 0 Å². The average molecular weight is 357 g/mol. The molecule has 0 saturated heterocycles. The Morgan fingerprint density at radius 2 is 2.15 bits per heavy atom. The zero-order valence-electron chi connectivity index (χ0n) is 11.7. The summed E-state index contributed by atoms with van der Waals surface area (Å²) in [7, 11) is 0.628. The van der Waals surface area contributed by atoms with E-state index in [1.807, 2.05) is 31.2 Å². The van der Waals surface area contributed by atoms with Crippen molar-refractivity contribution in [1.29, 1.82) is 0 Å². The first-order valence-corrected chi connectivity index (χ1v) is 8.54. The Balaban J connectivity index is 2.40. The Morgan fingerprint density at radius 3 is 2.70 bits per heavy atom. The van der Waals surface area contributed by atoms with Crippen molar-refractivity contribution < 1.29 is 9.00 Å². The van der Waals surface area contributed by atoms with Crippen molar-refractivity contribution in [3.8, 4) is 0 Å². The van der Waals surface area contributed by atoms with E-state index < -0.39 is 15.1 Å². The van der Waals surface area contributed by atoms with Crippen molar-refractivity contribution in [2.75, 3.05) is 12.8 Å². The van der Waals surface area contributed by atoms with Crippen LogP contribution in [-0.4, -0.2) is 38.0 Å². The zero-order valence-corrected chi connectivity index (χ0v) is 14.1. The number of alkyl halides is 1. The number of rotatable bonds is 4. The first-order valence-electron chi connectivity index (χ1n) is 6.43. The lowest BCUT2D eigenvalue weighted by atomic mass is 9.98. The molecule has 2 rings (SSSR count). The number of carbonyl (C=O) groups is 1. The molecule has 1 aliphatic rings. The fraction of sp³-hybridized carbons (Fsp3) is 0.429. The molecule has 0 aromatic heterocycles. The van der Waals surface area contributed by atoms with Crippen LogP contribution in [0.25, 0.3) is 0 Å². The normalized spacial score (nSPS) is 23.9. The van der Waals surface area contributed by atoms with E-state index in [1.165, 1.54) is 5.01 Å². The third-order valence-corrected chi connectivity index (χ3v) is 5.42. The number of nitrogens with zero attached hydrogens (tertiary/aromatic N) is 2. The molecule has 1 aromatic carbocycles. The lowest BCUT2D eigenvalue weighted by Gasteiger charge is -2.16. The van der Waals surface area contributed by atoms with Gasteiger partial charge in [-0.15, -0.1) is 0 Å². The van der Waals surface area contributed by atoms with Crippen molar-refractivity contribution in [2.24, 2.45) is 5.10 Å². The lowest BCUT2D eigenvalue weighted by Crippen LogP contribution is -2.37. The third-order valence-electron chi connectivity index (χ3n) is 3.15. The smallest absolute Gasteiger partial charge is 0.265 e. The van der Waals surface area contributed by atoms with E-state index in [0.29, 0.717) is 11.5 Å². The topological polar surface area (TPSA) is 49.7 Å². The van der Waals surface area contributed by atoms with E-state index in [9.17, 15) is 9.00 Å². The molecule has 2 unspecified atom stereocenters. The molecule has 6 heteroatoms. The minimum atomic E-state index is -1.00.